The minimum atomic E-state index is -2.42. The van der Waals surface area contributed by atoms with Crippen LogP contribution in [0.15, 0.2) is 0 Å². The van der Waals surface area contributed by atoms with Crippen molar-refractivity contribution in [3.63, 3.8) is 0 Å². The first kappa shape index (κ1) is 22.8. The van der Waals surface area contributed by atoms with Gasteiger partial charge in [0.15, 0.2) is 0 Å². The van der Waals surface area contributed by atoms with Crippen LogP contribution in [0, 0.1) is 0 Å². The Morgan fingerprint density at radius 2 is 0.923 bits per heavy atom. The minimum Gasteiger partial charge on any atom is -0.356 e. The van der Waals surface area contributed by atoms with Crippen molar-refractivity contribution in [1.29, 1.82) is 0 Å². The molecule has 0 bridgehead atoms. The molecule has 8 heteroatoms. The first-order valence-electron chi connectivity index (χ1n) is 8.67. The van der Waals surface area contributed by atoms with Gasteiger partial charge in [0.05, 0.1) is 0 Å². The fourth-order valence-electron chi connectivity index (χ4n) is 2.61. The molecule has 0 aromatic heterocycles. The molecule has 0 unspecified atom stereocenters. The maximum Gasteiger partial charge on any atom is 0.283 e. The Balaban J connectivity index is 3.31. The molecule has 1 aliphatic heterocycles. The van der Waals surface area contributed by atoms with Crippen molar-refractivity contribution in [3.05, 3.63) is 0 Å². The van der Waals surface area contributed by atoms with E-state index in [0.29, 0.717) is 0 Å². The zero-order chi connectivity index (χ0) is 21.0. The van der Waals surface area contributed by atoms with Gasteiger partial charge in [0.1, 0.15) is 11.2 Å². The first-order chi connectivity index (χ1) is 11.2. The van der Waals surface area contributed by atoms with Gasteiger partial charge in [-0.15, -0.1) is 0 Å². The number of hydrogen-bond acceptors (Lipinski definition) is 6. The highest BCUT2D eigenvalue weighted by Crippen LogP contribution is 2.46. The highest BCUT2D eigenvalue weighted by Gasteiger charge is 2.70. The number of rotatable bonds is 2. The molecule has 0 radical (unpaired) electrons. The van der Waals surface area contributed by atoms with Gasteiger partial charge >= 0.3 is 0 Å². The van der Waals surface area contributed by atoms with Crippen molar-refractivity contribution in [2.24, 2.45) is 0 Å². The van der Waals surface area contributed by atoms with Crippen LogP contribution in [0.3, 0.4) is 0 Å². The molecule has 2 amide bonds. The van der Waals surface area contributed by atoms with Gasteiger partial charge in [0, 0.05) is 11.1 Å². The molecule has 0 saturated carbocycles. The van der Waals surface area contributed by atoms with E-state index in [2.05, 4.69) is 10.6 Å². The van der Waals surface area contributed by atoms with E-state index in [9.17, 15) is 19.8 Å². The lowest BCUT2D eigenvalue weighted by molar-refractivity contribution is -0.445. The van der Waals surface area contributed by atoms with Crippen LogP contribution in [0.1, 0.15) is 69.2 Å². The Hall–Kier alpha value is -1.22. The third kappa shape index (κ3) is 4.19. The van der Waals surface area contributed by atoms with Gasteiger partial charge in [-0.1, -0.05) is 0 Å². The summed E-state index contributed by atoms with van der Waals surface area (Å²) in [7, 11) is 0. The second-order valence-corrected chi connectivity index (χ2v) is 9.92. The highest BCUT2D eigenvalue weighted by molar-refractivity contribution is 5.88. The number of aliphatic hydroxyl groups is 2. The van der Waals surface area contributed by atoms with Gasteiger partial charge in [-0.05, 0) is 69.2 Å². The fraction of sp³-hybridized carbons (Fsp3) is 0.889. The Bertz CT molecular complexity index is 535. The van der Waals surface area contributed by atoms with Gasteiger partial charge in [-0.25, -0.2) is 0 Å². The zero-order valence-electron chi connectivity index (χ0n) is 17.5. The van der Waals surface area contributed by atoms with Crippen LogP contribution in [0.2, 0.25) is 0 Å². The second-order valence-electron chi connectivity index (χ2n) is 9.92. The number of ether oxygens (including phenoxy) is 2. The summed E-state index contributed by atoms with van der Waals surface area (Å²) in [5, 5.41) is 27.3. The normalized spacial score (nSPS) is 31.2. The Morgan fingerprint density at radius 1 is 0.692 bits per heavy atom. The molecular formula is C18H34N2O6. The summed E-state index contributed by atoms with van der Waals surface area (Å²) in [6.07, 6.45) is 0. The van der Waals surface area contributed by atoms with E-state index >= 15 is 0 Å². The number of hydrogen-bond donors (Lipinski definition) is 4. The molecule has 0 aliphatic carbocycles. The third-order valence-electron chi connectivity index (χ3n) is 4.03. The SMILES string of the molecule is CC(C)(C)NC(=O)[C@@]1(O)OC(C)(C)[C@@](O)(C(=O)NC(C)(C)C)OC1(C)C. The van der Waals surface area contributed by atoms with Crippen molar-refractivity contribution in [2.75, 3.05) is 0 Å². The topological polar surface area (TPSA) is 117 Å². The molecule has 0 aromatic carbocycles. The van der Waals surface area contributed by atoms with Crippen molar-refractivity contribution >= 4 is 11.8 Å². The molecule has 1 saturated heterocycles. The first-order valence-corrected chi connectivity index (χ1v) is 8.67. The average molecular weight is 374 g/mol. The zero-order valence-corrected chi connectivity index (χ0v) is 17.5. The van der Waals surface area contributed by atoms with Crippen molar-refractivity contribution in [1.82, 2.24) is 10.6 Å². The van der Waals surface area contributed by atoms with E-state index in [1.165, 1.54) is 27.7 Å². The minimum absolute atomic E-state index is 0.631. The summed E-state index contributed by atoms with van der Waals surface area (Å²) in [4.78, 5) is 25.4. The molecule has 26 heavy (non-hydrogen) atoms. The predicted octanol–water partition coefficient (Wildman–Crippen LogP) is 0.797. The maximum absolute atomic E-state index is 12.7. The second kappa shape index (κ2) is 6.15. The predicted molar refractivity (Wildman–Crippen MR) is 96.0 cm³/mol. The van der Waals surface area contributed by atoms with Crippen LogP contribution < -0.4 is 10.6 Å². The van der Waals surface area contributed by atoms with Crippen LogP contribution in [0.5, 0.6) is 0 Å². The Labute approximate surface area is 155 Å². The van der Waals surface area contributed by atoms with Crippen molar-refractivity contribution in [3.8, 4) is 0 Å². The van der Waals surface area contributed by atoms with Crippen molar-refractivity contribution < 1.29 is 29.3 Å². The molecule has 1 heterocycles. The van der Waals surface area contributed by atoms with Crippen LogP contribution in [-0.2, 0) is 19.1 Å². The third-order valence-corrected chi connectivity index (χ3v) is 4.03. The maximum atomic E-state index is 12.7. The quantitative estimate of drug-likeness (QED) is 0.568. The number of nitrogens with one attached hydrogen (secondary N) is 2. The lowest BCUT2D eigenvalue weighted by Crippen LogP contribution is -2.79. The molecule has 1 fully saturated rings. The van der Waals surface area contributed by atoms with E-state index in [1.807, 2.05) is 0 Å². The van der Waals surface area contributed by atoms with E-state index < -0.39 is 45.7 Å². The Kier molecular flexibility index (Phi) is 5.40. The van der Waals surface area contributed by atoms with Crippen molar-refractivity contribution in [2.45, 2.75) is 103 Å². The molecule has 8 nitrogen and oxygen atoms in total. The van der Waals surface area contributed by atoms with E-state index in [0.717, 1.165) is 0 Å². The van der Waals surface area contributed by atoms with Crippen LogP contribution in [0.25, 0.3) is 0 Å². The van der Waals surface area contributed by atoms with E-state index in [-0.39, 0.29) is 0 Å². The van der Waals surface area contributed by atoms with Gasteiger partial charge in [-0.2, -0.15) is 0 Å². The molecule has 0 spiro atoms. The van der Waals surface area contributed by atoms with Gasteiger partial charge in [0.2, 0.25) is 0 Å². The summed E-state index contributed by atoms with van der Waals surface area (Å²) in [6.45, 7) is 16.0. The van der Waals surface area contributed by atoms with Gasteiger partial charge in [-0.3, -0.25) is 9.59 Å². The monoisotopic (exact) mass is 374 g/mol. The van der Waals surface area contributed by atoms with Crippen LogP contribution >= 0.6 is 0 Å². The van der Waals surface area contributed by atoms with Gasteiger partial charge in [0.25, 0.3) is 23.4 Å². The summed E-state index contributed by atoms with van der Waals surface area (Å²) in [6, 6.07) is 0. The fourth-order valence-corrected chi connectivity index (χ4v) is 2.61. The summed E-state index contributed by atoms with van der Waals surface area (Å²) in [5.41, 5.74) is -4.70. The standard InChI is InChI=1S/C18H34N2O6/c1-13(2,3)19-11(21)17(23)15(7,8)26-18(24,16(9,10)25-17)12(22)20-14(4,5)6/h23-24H,1-10H3,(H,19,21)(H,20,22)/t17-,18-/m1/s1. The smallest absolute Gasteiger partial charge is 0.283 e. The molecule has 2 atom stereocenters. The summed E-state index contributed by atoms with van der Waals surface area (Å²) in [5.74, 6) is -6.47. The number of carbonyl (C=O) groups is 2. The molecule has 152 valence electrons. The van der Waals surface area contributed by atoms with E-state index in [1.54, 1.807) is 41.5 Å². The number of carbonyl (C=O) groups excluding carboxylic acids is 2. The summed E-state index contributed by atoms with van der Waals surface area (Å²) >= 11 is 0. The van der Waals surface area contributed by atoms with Crippen LogP contribution in [0.4, 0.5) is 0 Å². The number of amides is 2. The lowest BCUT2D eigenvalue weighted by Gasteiger charge is -2.56. The average Bonchev–Trinajstić information content (AvgIpc) is 2.31. The molecule has 1 aliphatic rings. The largest absolute Gasteiger partial charge is 0.356 e. The summed E-state index contributed by atoms with van der Waals surface area (Å²) < 4.78 is 11.3. The lowest BCUT2D eigenvalue weighted by atomic mass is 9.85. The molecular weight excluding hydrogens is 340 g/mol. The highest BCUT2D eigenvalue weighted by atomic mass is 16.8. The van der Waals surface area contributed by atoms with Crippen LogP contribution in [-0.4, -0.2) is 55.9 Å². The molecule has 1 rings (SSSR count). The van der Waals surface area contributed by atoms with Gasteiger partial charge < -0.3 is 30.3 Å². The van der Waals surface area contributed by atoms with E-state index in [4.69, 9.17) is 9.47 Å². The molecule has 0 aromatic rings. The Morgan fingerprint density at radius 3 is 1.12 bits per heavy atom. The molecule has 4 N–H and O–H groups in total.